The van der Waals surface area contributed by atoms with E-state index in [-0.39, 0.29) is 18.5 Å². The first-order valence-electron chi connectivity index (χ1n) is 21.5. The van der Waals surface area contributed by atoms with Gasteiger partial charge in [0.05, 0.1) is 25.0 Å². The maximum Gasteiger partial charge on any atom is 0.472 e. The van der Waals surface area contributed by atoms with Crippen molar-refractivity contribution in [2.45, 2.75) is 198 Å². The summed E-state index contributed by atoms with van der Waals surface area (Å²) in [4.78, 5) is 14.7. The van der Waals surface area contributed by atoms with Crippen molar-refractivity contribution in [1.29, 1.82) is 0 Å². The normalized spacial score (nSPS) is 24.0. The number of nitrogens with two attached hydrogens (primary N) is 1. The van der Waals surface area contributed by atoms with Gasteiger partial charge in [0.25, 0.3) is 0 Å². The van der Waals surface area contributed by atoms with Crippen molar-refractivity contribution >= 4 is 19.2 Å². The Labute approximate surface area is 324 Å². The van der Waals surface area contributed by atoms with Crippen molar-refractivity contribution in [2.24, 2.45) is 5.92 Å². The lowest BCUT2D eigenvalue weighted by atomic mass is 9.90. The Morgan fingerprint density at radius 1 is 0.889 bits per heavy atom. The van der Waals surface area contributed by atoms with Crippen molar-refractivity contribution in [3.8, 4) is 0 Å². The number of hydrogen-bond acceptors (Lipinski definition) is 10. The van der Waals surface area contributed by atoms with Crippen LogP contribution < -0.4 is 5.73 Å². The molecule has 310 valence electrons. The fraction of sp³-hybridized carbons (Fsp3) is 0.854. The van der Waals surface area contributed by atoms with Crippen molar-refractivity contribution in [2.75, 3.05) is 25.6 Å². The highest BCUT2D eigenvalue weighted by Gasteiger charge is 2.53. The Morgan fingerprint density at radius 3 is 2.06 bits per heavy atom. The molecular formula is C41H73N4O8P. The van der Waals surface area contributed by atoms with Gasteiger partial charge in [0.15, 0.2) is 5.82 Å². The minimum Gasteiger partial charge on any atom is -0.387 e. The van der Waals surface area contributed by atoms with Crippen molar-refractivity contribution in [3.63, 3.8) is 0 Å². The molecule has 1 aliphatic carbocycles. The predicted octanol–water partition coefficient (Wildman–Crippen LogP) is 9.39. The Balaban J connectivity index is 1.12. The Hall–Kier alpha value is -1.63. The maximum atomic E-state index is 13.1. The van der Waals surface area contributed by atoms with Gasteiger partial charge in [-0.25, -0.2) is 14.1 Å². The van der Waals surface area contributed by atoms with E-state index < -0.39 is 38.3 Å². The smallest absolute Gasteiger partial charge is 0.387 e. The molecular weight excluding hydrogens is 707 g/mol. The third-order valence-electron chi connectivity index (χ3n) is 11.6. The number of aliphatic hydroxyl groups is 2. The van der Waals surface area contributed by atoms with E-state index in [4.69, 9.17) is 24.3 Å². The van der Waals surface area contributed by atoms with Gasteiger partial charge in [-0.05, 0) is 44.2 Å². The molecule has 6 atom stereocenters. The van der Waals surface area contributed by atoms with Crippen LogP contribution in [0, 0.1) is 5.92 Å². The number of nitrogens with zero attached hydrogens (tertiary/aromatic N) is 3. The average Bonchev–Trinajstić information content (AvgIpc) is 3.70. The third kappa shape index (κ3) is 15.0. The molecule has 0 radical (unpaired) electrons. The second-order valence-corrected chi connectivity index (χ2v) is 17.7. The van der Waals surface area contributed by atoms with E-state index in [1.54, 1.807) is 12.1 Å². The average molecular weight is 781 g/mol. The zero-order valence-electron chi connectivity index (χ0n) is 33.5. The number of phosphoric ester groups is 1. The molecule has 0 spiro atoms. The molecule has 1 saturated heterocycles. The standard InChI is InChI=1S/C41H73N4O8P/c1-3-4-5-6-7-8-9-10-11-12-13-14-15-16-17-18-19-23-26-34(50-29-33-24-21-20-22-25-33)30-51-54(48,49)52-31-41(2)39(47)37(46)38(53-41)35-27-28-36-40(42)43-32-44-45(35)36/h27-28,32-34,37-39,46-47H,3-26,29-31H2,1-2H3,(H,48,49)(H2,42,43,44)/t34-,37+,38+,39+,41-/m1/s1. The predicted molar refractivity (Wildman–Crippen MR) is 213 cm³/mol. The number of nitrogen functional groups attached to an aromatic ring is 1. The highest BCUT2D eigenvalue weighted by molar-refractivity contribution is 7.47. The monoisotopic (exact) mass is 781 g/mol. The van der Waals surface area contributed by atoms with Gasteiger partial charge in [-0.2, -0.15) is 5.10 Å². The summed E-state index contributed by atoms with van der Waals surface area (Å²) in [6.07, 6.45) is 27.8. The number of rotatable bonds is 29. The Morgan fingerprint density at radius 2 is 1.46 bits per heavy atom. The van der Waals surface area contributed by atoms with Gasteiger partial charge in [0.2, 0.25) is 0 Å². The van der Waals surface area contributed by atoms with Crippen molar-refractivity contribution in [1.82, 2.24) is 14.6 Å². The summed E-state index contributed by atoms with van der Waals surface area (Å²) in [5.74, 6) is 0.773. The van der Waals surface area contributed by atoms with Crippen LogP contribution in [-0.4, -0.2) is 73.4 Å². The van der Waals surface area contributed by atoms with E-state index in [0.717, 1.165) is 32.1 Å². The maximum absolute atomic E-state index is 13.1. The summed E-state index contributed by atoms with van der Waals surface area (Å²) in [6.45, 7) is 3.88. The number of hydrogen-bond donors (Lipinski definition) is 4. The van der Waals surface area contributed by atoms with E-state index in [1.165, 1.54) is 140 Å². The molecule has 0 bridgehead atoms. The Bertz CT molecular complexity index is 1360. The summed E-state index contributed by atoms with van der Waals surface area (Å²) in [7, 11) is -4.54. The molecule has 0 aromatic carbocycles. The molecule has 1 aliphatic heterocycles. The zero-order chi connectivity index (χ0) is 38.7. The molecule has 54 heavy (non-hydrogen) atoms. The molecule has 2 aliphatic rings. The summed E-state index contributed by atoms with van der Waals surface area (Å²) in [6, 6.07) is 3.38. The molecule has 5 N–H and O–H groups in total. The van der Waals surface area contributed by atoms with E-state index in [9.17, 15) is 19.7 Å². The van der Waals surface area contributed by atoms with Gasteiger partial charge in [0.1, 0.15) is 35.8 Å². The van der Waals surface area contributed by atoms with E-state index >= 15 is 0 Å². The summed E-state index contributed by atoms with van der Waals surface area (Å²) >= 11 is 0. The van der Waals surface area contributed by atoms with Crippen LogP contribution in [0.1, 0.15) is 180 Å². The van der Waals surface area contributed by atoms with Crippen LogP contribution in [0.5, 0.6) is 0 Å². The zero-order valence-corrected chi connectivity index (χ0v) is 34.4. The molecule has 2 fully saturated rings. The fourth-order valence-electron chi connectivity index (χ4n) is 8.04. The number of anilines is 1. The van der Waals surface area contributed by atoms with Crippen LogP contribution in [0.15, 0.2) is 18.5 Å². The highest BCUT2D eigenvalue weighted by Crippen LogP contribution is 2.48. The van der Waals surface area contributed by atoms with Gasteiger partial charge in [-0.3, -0.25) is 9.05 Å². The van der Waals surface area contributed by atoms with Crippen LogP contribution in [-0.2, 0) is 23.1 Å². The van der Waals surface area contributed by atoms with Gasteiger partial charge in [0, 0.05) is 6.61 Å². The molecule has 3 heterocycles. The molecule has 12 nitrogen and oxygen atoms in total. The highest BCUT2D eigenvalue weighted by atomic mass is 31.2. The summed E-state index contributed by atoms with van der Waals surface area (Å²) in [5, 5.41) is 26.1. The van der Waals surface area contributed by atoms with Crippen molar-refractivity contribution in [3.05, 3.63) is 24.2 Å². The number of aromatic nitrogens is 3. The molecule has 4 rings (SSSR count). The van der Waals surface area contributed by atoms with Crippen LogP contribution in [0.4, 0.5) is 5.82 Å². The van der Waals surface area contributed by atoms with Crippen LogP contribution in [0.3, 0.4) is 0 Å². The van der Waals surface area contributed by atoms with Gasteiger partial charge in [-0.1, -0.05) is 142 Å². The number of fused-ring (bicyclic) bond motifs is 1. The molecule has 0 amide bonds. The molecule has 1 saturated carbocycles. The fourth-order valence-corrected chi connectivity index (χ4v) is 8.89. The second kappa shape index (κ2) is 24.2. The largest absolute Gasteiger partial charge is 0.472 e. The van der Waals surface area contributed by atoms with Crippen LogP contribution >= 0.6 is 7.82 Å². The van der Waals surface area contributed by atoms with Gasteiger partial charge >= 0.3 is 7.82 Å². The quantitative estimate of drug-likeness (QED) is 0.0458. The molecule has 2 aromatic heterocycles. The minimum absolute atomic E-state index is 0.0674. The van der Waals surface area contributed by atoms with E-state index in [1.807, 2.05) is 0 Å². The van der Waals surface area contributed by atoms with Gasteiger partial charge in [-0.15, -0.1) is 0 Å². The van der Waals surface area contributed by atoms with E-state index in [2.05, 4.69) is 17.0 Å². The number of unbranched alkanes of at least 4 members (excludes halogenated alkanes) is 17. The first kappa shape index (κ1) is 45.1. The lowest BCUT2D eigenvalue weighted by molar-refractivity contribution is -0.101. The van der Waals surface area contributed by atoms with E-state index in [0.29, 0.717) is 23.7 Å². The lowest BCUT2D eigenvalue weighted by Crippen LogP contribution is -2.44. The van der Waals surface area contributed by atoms with Crippen LogP contribution in [0.25, 0.3) is 5.52 Å². The summed E-state index contributed by atoms with van der Waals surface area (Å²) < 4.78 is 37.8. The number of ether oxygens (including phenoxy) is 2. The first-order valence-corrected chi connectivity index (χ1v) is 23.0. The number of phosphoric acid groups is 1. The molecule has 13 heteroatoms. The number of aliphatic hydroxyl groups excluding tert-OH is 2. The molecule has 2 aromatic rings. The summed E-state index contributed by atoms with van der Waals surface area (Å²) in [5.41, 5.74) is 5.43. The molecule has 1 unspecified atom stereocenters. The first-order chi connectivity index (χ1) is 26.1. The minimum atomic E-state index is -4.54. The topological polar surface area (TPSA) is 171 Å². The van der Waals surface area contributed by atoms with Crippen molar-refractivity contribution < 1.29 is 38.2 Å². The van der Waals surface area contributed by atoms with Gasteiger partial charge < -0.3 is 30.3 Å². The lowest BCUT2D eigenvalue weighted by Gasteiger charge is -2.28. The third-order valence-corrected chi connectivity index (χ3v) is 12.5. The Kier molecular flexibility index (Phi) is 20.2. The van der Waals surface area contributed by atoms with Crippen LogP contribution in [0.2, 0.25) is 0 Å². The SMILES string of the molecule is CCCCCCCCCCCCCCCCCCCC[C@H](COP(=O)(O)OC[C@@]1(C)O[C@@H](c2ccc3c(N)ncnn23)[C@H](O)[C@@H]1O)OCC1CCCCC1. The second-order valence-electron chi connectivity index (χ2n) is 16.3.